The molecule has 3 nitrogen and oxygen atoms in total. The highest BCUT2D eigenvalue weighted by molar-refractivity contribution is 5.83. The van der Waals surface area contributed by atoms with Gasteiger partial charge >= 0.3 is 0 Å². The molecule has 0 fully saturated rings. The number of aromatic amines is 1. The van der Waals surface area contributed by atoms with Crippen molar-refractivity contribution in [3.63, 3.8) is 0 Å². The van der Waals surface area contributed by atoms with E-state index in [2.05, 4.69) is 4.98 Å². The van der Waals surface area contributed by atoms with E-state index in [1.54, 1.807) is 6.07 Å². The predicted octanol–water partition coefficient (Wildman–Crippen LogP) is 2.26. The number of carbonyl (C=O) groups is 1. The Morgan fingerprint density at radius 2 is 2.38 bits per heavy atom. The lowest BCUT2D eigenvalue weighted by Crippen LogP contribution is -2.21. The third-order valence-electron chi connectivity index (χ3n) is 2.65. The van der Waals surface area contributed by atoms with Gasteiger partial charge in [-0.05, 0) is 36.6 Å². The summed E-state index contributed by atoms with van der Waals surface area (Å²) < 4.78 is 12.9. The van der Waals surface area contributed by atoms with Crippen LogP contribution in [0.1, 0.15) is 14.8 Å². The number of nitrogens with two attached hydrogens (primary N) is 1. The van der Waals surface area contributed by atoms with Gasteiger partial charge in [0.15, 0.2) is 0 Å². The van der Waals surface area contributed by atoms with Crippen molar-refractivity contribution in [3.8, 4) is 0 Å². The van der Waals surface area contributed by atoms with Crippen molar-refractivity contribution in [1.82, 2.24) is 4.98 Å². The lowest BCUT2D eigenvalue weighted by atomic mass is 10.1. The summed E-state index contributed by atoms with van der Waals surface area (Å²) in [5, 5.41) is 0.986. The first-order valence-electron chi connectivity index (χ1n) is 5.17. The van der Waals surface area contributed by atoms with Crippen molar-refractivity contribution in [2.24, 2.45) is 5.73 Å². The van der Waals surface area contributed by atoms with Gasteiger partial charge in [0.2, 0.25) is 0 Å². The van der Waals surface area contributed by atoms with Gasteiger partial charge in [0.1, 0.15) is 12.1 Å². The largest absolute Gasteiger partial charge is 0.361 e. The fraction of sp³-hybridized carbons (Fsp3) is 0.250. The Labute approximate surface area is 95.4 Å². The van der Waals surface area contributed by atoms with Gasteiger partial charge in [0.05, 0.1) is 6.04 Å². The molecule has 2 aromatic rings. The molecule has 0 amide bonds. The maximum absolute atomic E-state index is 12.9. The van der Waals surface area contributed by atoms with Gasteiger partial charge in [-0.25, -0.2) is 4.39 Å². The zero-order valence-corrected chi connectivity index (χ0v) is 8.74. The highest BCUT2D eigenvalue weighted by Crippen LogP contribution is 2.20. The maximum Gasteiger partial charge on any atom is 0.136 e. The minimum absolute atomic E-state index is 0. The number of nitrogens with one attached hydrogen (secondary N) is 1. The van der Waals surface area contributed by atoms with Crippen LogP contribution in [0.3, 0.4) is 0 Å². The summed E-state index contributed by atoms with van der Waals surface area (Å²) in [6, 6.07) is 4.20. The molecular weight excluding hydrogens is 207 g/mol. The molecule has 0 spiro atoms. The number of fused-ring (bicyclic) bond motifs is 1. The molecule has 88 valence electrons. The van der Waals surface area contributed by atoms with E-state index in [0.717, 1.165) is 22.8 Å². The highest BCUT2D eigenvalue weighted by Gasteiger charge is 2.06. The molecule has 0 radical (unpaired) electrons. The minimum Gasteiger partial charge on any atom is -0.361 e. The lowest BCUT2D eigenvalue weighted by molar-refractivity contribution is -0.109. The third-order valence-corrected chi connectivity index (χ3v) is 2.65. The average Bonchev–Trinajstić information content (AvgIpc) is 2.68. The highest BCUT2D eigenvalue weighted by atomic mass is 19.1. The van der Waals surface area contributed by atoms with E-state index in [1.165, 1.54) is 12.1 Å². The summed E-state index contributed by atoms with van der Waals surface area (Å²) in [6.45, 7) is 0. The van der Waals surface area contributed by atoms with Crippen molar-refractivity contribution in [3.05, 3.63) is 35.8 Å². The Morgan fingerprint density at radius 3 is 3.12 bits per heavy atom. The summed E-state index contributed by atoms with van der Waals surface area (Å²) in [7, 11) is 0. The van der Waals surface area contributed by atoms with Gasteiger partial charge in [-0.15, -0.1) is 0 Å². The van der Waals surface area contributed by atoms with Gasteiger partial charge in [-0.3, -0.25) is 0 Å². The molecule has 3 N–H and O–H groups in total. The van der Waals surface area contributed by atoms with Crippen LogP contribution in [0.2, 0.25) is 0 Å². The predicted molar refractivity (Wildman–Crippen MR) is 64.8 cm³/mol. The van der Waals surface area contributed by atoms with E-state index in [0.29, 0.717) is 12.8 Å². The van der Waals surface area contributed by atoms with E-state index < -0.39 is 6.04 Å². The van der Waals surface area contributed by atoms with Crippen LogP contribution >= 0.6 is 0 Å². The van der Waals surface area contributed by atoms with Crippen LogP contribution in [-0.4, -0.2) is 17.3 Å². The second-order valence-corrected chi connectivity index (χ2v) is 3.84. The monoisotopic (exact) mass is 224 g/mol. The van der Waals surface area contributed by atoms with Crippen LogP contribution in [-0.2, 0) is 11.2 Å². The molecule has 4 heteroatoms. The summed E-state index contributed by atoms with van der Waals surface area (Å²) in [5.41, 5.74) is 7.35. The molecule has 1 aromatic carbocycles. The lowest BCUT2D eigenvalue weighted by Gasteiger charge is -2.02. The molecule has 0 aliphatic carbocycles. The SMILES string of the molecule is NC(C=O)CCc1c[nH]c2cc(F)ccc12.[HH].[HH]. The summed E-state index contributed by atoms with van der Waals surface area (Å²) >= 11 is 0. The Balaban J connectivity index is 0.00000144. The number of halogens is 1. The van der Waals surface area contributed by atoms with E-state index in [-0.39, 0.29) is 8.67 Å². The van der Waals surface area contributed by atoms with Gasteiger partial charge in [0, 0.05) is 20.0 Å². The van der Waals surface area contributed by atoms with Gasteiger partial charge in [-0.2, -0.15) is 0 Å². The zero-order chi connectivity index (χ0) is 11.5. The number of rotatable bonds is 4. The van der Waals surface area contributed by atoms with Crippen LogP contribution in [0, 0.1) is 5.82 Å². The van der Waals surface area contributed by atoms with E-state index in [1.807, 2.05) is 6.20 Å². The molecule has 0 saturated carbocycles. The topological polar surface area (TPSA) is 58.9 Å². The molecule has 0 aliphatic heterocycles. The Bertz CT molecular complexity index is 516. The number of hydrogen-bond donors (Lipinski definition) is 2. The molecular formula is C12H17FN2O. The summed E-state index contributed by atoms with van der Waals surface area (Å²) in [6.07, 6.45) is 3.90. The van der Waals surface area contributed by atoms with Crippen LogP contribution < -0.4 is 5.73 Å². The number of aldehydes is 1. The number of aryl methyl sites for hydroxylation is 1. The molecule has 0 bridgehead atoms. The van der Waals surface area contributed by atoms with Crippen molar-refractivity contribution in [2.75, 3.05) is 0 Å². The molecule has 1 aromatic heterocycles. The van der Waals surface area contributed by atoms with Gasteiger partial charge < -0.3 is 15.5 Å². The summed E-state index contributed by atoms with van der Waals surface area (Å²) in [5.74, 6) is -0.259. The second kappa shape index (κ2) is 4.45. The van der Waals surface area contributed by atoms with E-state index in [4.69, 9.17) is 5.73 Å². The third kappa shape index (κ3) is 2.12. The quantitative estimate of drug-likeness (QED) is 0.782. The molecule has 1 atom stereocenters. The Morgan fingerprint density at radius 1 is 1.56 bits per heavy atom. The molecule has 16 heavy (non-hydrogen) atoms. The Kier molecular flexibility index (Phi) is 3.01. The number of aromatic nitrogens is 1. The fourth-order valence-electron chi connectivity index (χ4n) is 1.76. The van der Waals surface area contributed by atoms with Crippen molar-refractivity contribution < 1.29 is 12.0 Å². The zero-order valence-electron chi connectivity index (χ0n) is 8.74. The standard InChI is InChI=1S/C12H13FN2O.2H2/c13-9-2-4-11-8(1-3-10(14)7-16)6-15-12(11)5-9;;/h2,4-7,10,15H,1,3,14H2;2*1H. The normalized spacial score (nSPS) is 12.9. The average molecular weight is 224 g/mol. The summed E-state index contributed by atoms with van der Waals surface area (Å²) in [4.78, 5) is 13.4. The first-order chi connectivity index (χ1) is 7.70. The van der Waals surface area contributed by atoms with E-state index >= 15 is 0 Å². The smallest absolute Gasteiger partial charge is 0.136 e. The number of H-pyrrole nitrogens is 1. The molecule has 1 heterocycles. The van der Waals surface area contributed by atoms with Gasteiger partial charge in [-0.1, -0.05) is 0 Å². The van der Waals surface area contributed by atoms with Gasteiger partial charge in [0.25, 0.3) is 0 Å². The van der Waals surface area contributed by atoms with Crippen LogP contribution in [0.4, 0.5) is 4.39 Å². The van der Waals surface area contributed by atoms with Crippen LogP contribution in [0.15, 0.2) is 24.4 Å². The van der Waals surface area contributed by atoms with Crippen LogP contribution in [0.25, 0.3) is 10.9 Å². The van der Waals surface area contributed by atoms with Crippen LogP contribution in [0.5, 0.6) is 0 Å². The first kappa shape index (κ1) is 10.8. The number of carbonyl (C=O) groups excluding carboxylic acids is 1. The maximum atomic E-state index is 12.9. The molecule has 1 unspecified atom stereocenters. The molecule has 0 saturated heterocycles. The molecule has 2 rings (SSSR count). The van der Waals surface area contributed by atoms with E-state index in [9.17, 15) is 9.18 Å². The van der Waals surface area contributed by atoms with Crippen molar-refractivity contribution in [1.29, 1.82) is 0 Å². The number of benzene rings is 1. The fourth-order valence-corrected chi connectivity index (χ4v) is 1.76. The van der Waals surface area contributed by atoms with Crippen molar-refractivity contribution in [2.45, 2.75) is 18.9 Å². The molecule has 0 aliphatic rings. The minimum atomic E-state index is -0.426. The Hall–Kier alpha value is -1.68. The second-order valence-electron chi connectivity index (χ2n) is 3.84. The number of hydrogen-bond acceptors (Lipinski definition) is 2. The first-order valence-corrected chi connectivity index (χ1v) is 5.17. The van der Waals surface area contributed by atoms with Crippen molar-refractivity contribution >= 4 is 17.2 Å².